The molecule has 0 bridgehead atoms. The van der Waals surface area contributed by atoms with Crippen LogP contribution < -0.4 is 16.2 Å². The van der Waals surface area contributed by atoms with Crippen LogP contribution in [0.5, 0.6) is 0 Å². The summed E-state index contributed by atoms with van der Waals surface area (Å²) in [4.78, 5) is 28.6. The number of anilines is 1. The molecule has 1 aromatic carbocycles. The molecule has 4 atom stereocenters. The fourth-order valence-electron chi connectivity index (χ4n) is 5.84. The number of piperidine rings is 1. The number of likely N-dealkylation sites (tertiary alicyclic amines) is 1. The second-order valence-corrected chi connectivity index (χ2v) is 10.5. The third-order valence-corrected chi connectivity index (χ3v) is 8.21. The van der Waals surface area contributed by atoms with Crippen LogP contribution in [-0.4, -0.2) is 48.0 Å². The van der Waals surface area contributed by atoms with Gasteiger partial charge in [0, 0.05) is 37.0 Å². The first-order chi connectivity index (χ1) is 17.5. The third kappa shape index (κ3) is 4.41. The van der Waals surface area contributed by atoms with Crippen LogP contribution in [0.4, 0.5) is 27.6 Å². The highest BCUT2D eigenvalue weighted by Crippen LogP contribution is 2.47. The predicted octanol–water partition coefficient (Wildman–Crippen LogP) is 4.53. The molecule has 1 saturated heterocycles. The fraction of sp³-hybridized carbons (Fsp3) is 0.538. The molecule has 2 N–H and O–H groups in total. The van der Waals surface area contributed by atoms with Crippen LogP contribution in [0.1, 0.15) is 60.1 Å². The van der Waals surface area contributed by atoms with E-state index in [1.807, 2.05) is 7.05 Å². The molecule has 2 aliphatic carbocycles. The maximum atomic E-state index is 14.7. The number of aromatic nitrogens is 1. The lowest BCUT2D eigenvalue weighted by Crippen LogP contribution is -2.51. The number of fused-ring (bicyclic) bond motifs is 1. The smallest absolute Gasteiger partial charge is 0.266 e. The number of halogens is 5. The molecule has 200 valence electrons. The summed E-state index contributed by atoms with van der Waals surface area (Å²) in [6.45, 7) is 3.18. The Morgan fingerprint density at radius 3 is 2.32 bits per heavy atom. The number of alkyl halides is 4. The first-order valence-electron chi connectivity index (χ1n) is 12.4. The fourth-order valence-corrected chi connectivity index (χ4v) is 5.84. The van der Waals surface area contributed by atoms with Gasteiger partial charge in [-0.05, 0) is 45.1 Å². The SMILES string of the molecule is CC(NC(=O)c1cn(C2(C(F)F)CCC2)c(=O)cc1N[C@@H]1[C@@H]2CN(C)C[C@@H]21)c1cccc(C(F)F)c1F. The largest absolute Gasteiger partial charge is 0.381 e. The summed E-state index contributed by atoms with van der Waals surface area (Å²) >= 11 is 0. The molecule has 6 nitrogen and oxygen atoms in total. The lowest BCUT2D eigenvalue weighted by Gasteiger charge is -2.42. The summed E-state index contributed by atoms with van der Waals surface area (Å²) in [5, 5.41) is 5.86. The number of carbonyl (C=O) groups excluding carboxylic acids is 1. The van der Waals surface area contributed by atoms with Crippen molar-refractivity contribution in [2.45, 2.75) is 56.7 Å². The van der Waals surface area contributed by atoms with E-state index in [-0.39, 0.29) is 35.7 Å². The summed E-state index contributed by atoms with van der Waals surface area (Å²) in [6, 6.07) is 3.78. The van der Waals surface area contributed by atoms with E-state index >= 15 is 0 Å². The number of pyridine rings is 1. The Balaban J connectivity index is 1.47. The van der Waals surface area contributed by atoms with Crippen molar-refractivity contribution in [3.8, 4) is 0 Å². The van der Waals surface area contributed by atoms with Crippen molar-refractivity contribution >= 4 is 11.6 Å². The Morgan fingerprint density at radius 2 is 1.76 bits per heavy atom. The molecule has 5 rings (SSSR count). The summed E-state index contributed by atoms with van der Waals surface area (Å²) < 4.78 is 70.1. The topological polar surface area (TPSA) is 66.4 Å². The van der Waals surface area contributed by atoms with E-state index in [0.29, 0.717) is 18.3 Å². The highest BCUT2D eigenvalue weighted by atomic mass is 19.3. The van der Waals surface area contributed by atoms with Crippen LogP contribution in [0.25, 0.3) is 0 Å². The molecule has 1 amide bonds. The molecule has 1 unspecified atom stereocenters. The van der Waals surface area contributed by atoms with E-state index in [1.54, 1.807) is 0 Å². The van der Waals surface area contributed by atoms with E-state index in [2.05, 4.69) is 15.5 Å². The number of hydrogen-bond acceptors (Lipinski definition) is 4. The number of amides is 1. The number of carbonyl (C=O) groups is 1. The molecule has 2 aromatic rings. The molecule has 3 fully saturated rings. The van der Waals surface area contributed by atoms with Gasteiger partial charge in [0.05, 0.1) is 22.9 Å². The minimum Gasteiger partial charge on any atom is -0.381 e. The quantitative estimate of drug-likeness (QED) is 0.498. The summed E-state index contributed by atoms with van der Waals surface area (Å²) in [5.74, 6) is -1.13. The van der Waals surface area contributed by atoms with Crippen LogP contribution >= 0.6 is 0 Å². The molecule has 0 spiro atoms. The Bertz CT molecular complexity index is 1250. The van der Waals surface area contributed by atoms with Crippen LogP contribution in [-0.2, 0) is 5.54 Å². The first-order valence-corrected chi connectivity index (χ1v) is 12.4. The van der Waals surface area contributed by atoms with E-state index in [0.717, 1.165) is 29.9 Å². The third-order valence-electron chi connectivity index (χ3n) is 8.21. The zero-order valence-corrected chi connectivity index (χ0v) is 20.5. The van der Waals surface area contributed by atoms with Gasteiger partial charge in [-0.15, -0.1) is 0 Å². The Morgan fingerprint density at radius 1 is 1.11 bits per heavy atom. The van der Waals surface area contributed by atoms with Crippen LogP contribution in [0.3, 0.4) is 0 Å². The van der Waals surface area contributed by atoms with E-state index in [9.17, 15) is 31.5 Å². The van der Waals surface area contributed by atoms with E-state index in [4.69, 9.17) is 0 Å². The van der Waals surface area contributed by atoms with Crippen molar-refractivity contribution < 1.29 is 26.7 Å². The van der Waals surface area contributed by atoms with E-state index < -0.39 is 47.3 Å². The number of nitrogens with zero attached hydrogens (tertiary/aromatic N) is 2. The van der Waals surface area contributed by atoms with Gasteiger partial charge in [0.15, 0.2) is 0 Å². The number of rotatable bonds is 8. The van der Waals surface area contributed by atoms with Gasteiger partial charge in [0.2, 0.25) is 0 Å². The maximum absolute atomic E-state index is 14.7. The van der Waals surface area contributed by atoms with Gasteiger partial charge >= 0.3 is 0 Å². The minimum absolute atomic E-state index is 0.0258. The second-order valence-electron chi connectivity index (χ2n) is 10.5. The van der Waals surface area contributed by atoms with Gasteiger partial charge < -0.3 is 20.1 Å². The average Bonchev–Trinajstić information content (AvgIpc) is 3.24. The molecule has 1 aromatic heterocycles. The highest BCUT2D eigenvalue weighted by Gasteiger charge is 2.55. The molecule has 0 radical (unpaired) electrons. The molecule has 37 heavy (non-hydrogen) atoms. The van der Waals surface area contributed by atoms with Crippen molar-refractivity contribution in [3.05, 3.63) is 63.3 Å². The lowest BCUT2D eigenvalue weighted by molar-refractivity contribution is -0.0504. The molecule has 2 saturated carbocycles. The molecule has 2 heterocycles. The zero-order valence-electron chi connectivity index (χ0n) is 20.5. The highest BCUT2D eigenvalue weighted by molar-refractivity contribution is 5.99. The van der Waals surface area contributed by atoms with Gasteiger partial charge in [-0.25, -0.2) is 22.0 Å². The van der Waals surface area contributed by atoms with Crippen LogP contribution in [0.15, 0.2) is 35.3 Å². The second kappa shape index (κ2) is 9.41. The minimum atomic E-state index is -3.02. The normalized spacial score (nSPS) is 25.1. The van der Waals surface area contributed by atoms with Gasteiger partial charge in [-0.1, -0.05) is 18.2 Å². The Labute approximate surface area is 210 Å². The van der Waals surface area contributed by atoms with Gasteiger partial charge in [0.1, 0.15) is 11.4 Å². The molecule has 3 aliphatic rings. The number of hydrogen-bond donors (Lipinski definition) is 2. The standard InChI is InChI=1S/C26H29F5N4O2/c1-13(14-5-3-6-15(21(14)27)23(28)29)32-24(37)18-12-35(26(25(30)31)7-4-8-26)20(36)9-19(18)33-22-16-10-34(2)11-17(16)22/h3,5-6,9,12-13,16-17,22-23,25,33H,4,7-8,10-11H2,1-2H3,(H,32,37)/t13?,16-,17+,22-. The molecular weight excluding hydrogens is 495 g/mol. The number of nitrogens with one attached hydrogen (secondary N) is 2. The van der Waals surface area contributed by atoms with Crippen molar-refractivity contribution in [2.24, 2.45) is 11.8 Å². The monoisotopic (exact) mass is 524 g/mol. The van der Waals surface area contributed by atoms with Gasteiger partial charge in [-0.2, -0.15) is 0 Å². The molecule has 1 aliphatic heterocycles. The Hall–Kier alpha value is -2.95. The Kier molecular flexibility index (Phi) is 6.54. The molecule has 11 heteroatoms. The van der Waals surface area contributed by atoms with Gasteiger partial charge in [-0.3, -0.25) is 9.59 Å². The summed E-state index contributed by atoms with van der Waals surface area (Å²) in [5.41, 5.74) is -3.01. The maximum Gasteiger partial charge on any atom is 0.266 e. The van der Waals surface area contributed by atoms with Crippen molar-refractivity contribution in [1.82, 2.24) is 14.8 Å². The summed E-state index contributed by atoms with van der Waals surface area (Å²) in [7, 11) is 2.01. The van der Waals surface area contributed by atoms with Crippen molar-refractivity contribution in [3.63, 3.8) is 0 Å². The summed E-state index contributed by atoms with van der Waals surface area (Å²) in [6.07, 6.45) is -3.90. The van der Waals surface area contributed by atoms with Gasteiger partial charge in [0.25, 0.3) is 24.3 Å². The average molecular weight is 525 g/mol. The molecular formula is C26H29F5N4O2. The van der Waals surface area contributed by atoms with E-state index in [1.165, 1.54) is 25.1 Å². The lowest BCUT2D eigenvalue weighted by atomic mass is 9.76. The van der Waals surface area contributed by atoms with Crippen molar-refractivity contribution in [2.75, 3.05) is 25.5 Å². The zero-order chi connectivity index (χ0) is 26.6. The first kappa shape index (κ1) is 25.7. The van der Waals surface area contributed by atoms with Crippen LogP contribution in [0.2, 0.25) is 0 Å². The van der Waals surface area contributed by atoms with Crippen molar-refractivity contribution in [1.29, 1.82) is 0 Å². The van der Waals surface area contributed by atoms with Crippen LogP contribution in [0, 0.1) is 17.7 Å². The number of benzene rings is 1. The predicted molar refractivity (Wildman–Crippen MR) is 128 cm³/mol.